The molecule has 0 aliphatic carbocycles. The van der Waals surface area contributed by atoms with E-state index in [0.717, 1.165) is 24.9 Å². The van der Waals surface area contributed by atoms with Gasteiger partial charge in [0, 0.05) is 30.1 Å². The van der Waals surface area contributed by atoms with Crippen molar-refractivity contribution < 1.29 is 4.79 Å². The highest BCUT2D eigenvalue weighted by molar-refractivity contribution is 6.88. The number of hydrogen-bond donors (Lipinski definition) is 0. The number of hydrogen-bond acceptors (Lipinski definition) is 2. The van der Waals surface area contributed by atoms with Crippen LogP contribution in [0.1, 0.15) is 48.0 Å². The molecule has 2 aromatic carbocycles. The molecule has 2 aromatic rings. The van der Waals surface area contributed by atoms with Crippen LogP contribution in [0.4, 0.5) is 0 Å². The van der Waals surface area contributed by atoms with E-state index < -0.39 is 8.07 Å². The maximum atomic E-state index is 13.4. The van der Waals surface area contributed by atoms with E-state index in [-0.39, 0.29) is 5.92 Å². The first-order chi connectivity index (χ1) is 13.4. The summed E-state index contributed by atoms with van der Waals surface area (Å²) in [6.07, 6.45) is 5.84. The van der Waals surface area contributed by atoms with Gasteiger partial charge in [-0.15, -0.1) is 0 Å². The first-order valence-electron chi connectivity index (χ1n) is 10.9. The summed E-state index contributed by atoms with van der Waals surface area (Å²) in [5.41, 5.74) is 2.34. The van der Waals surface area contributed by atoms with Crippen LogP contribution in [0.3, 0.4) is 0 Å². The number of rotatable bonds is 5. The minimum absolute atomic E-state index is 0.194. The molecular weight excluding hydrogens is 358 g/mol. The number of benzene rings is 2. The summed E-state index contributed by atoms with van der Waals surface area (Å²) in [5, 5.41) is 1.39. The Kier molecular flexibility index (Phi) is 5.57. The van der Waals surface area contributed by atoms with Gasteiger partial charge in [-0.05, 0) is 31.2 Å². The highest BCUT2D eigenvalue weighted by atomic mass is 28.3. The monoisotopic (exact) mass is 391 g/mol. The lowest BCUT2D eigenvalue weighted by molar-refractivity contribution is 0.00906. The third-order valence-electron chi connectivity index (χ3n) is 6.72. The fourth-order valence-corrected chi connectivity index (χ4v) is 6.30. The molecule has 28 heavy (non-hydrogen) atoms. The number of Topliss-reactive ketones (excluding diaryl/α,β-unsaturated/α-hetero) is 1. The van der Waals surface area contributed by atoms with Gasteiger partial charge in [-0.25, -0.2) is 0 Å². The Labute approximate surface area is 171 Å². The van der Waals surface area contributed by atoms with Gasteiger partial charge >= 0.3 is 0 Å². The number of carbonyl (C=O) groups excluding carboxylic acids is 1. The van der Waals surface area contributed by atoms with Crippen LogP contribution >= 0.6 is 0 Å². The van der Waals surface area contributed by atoms with Crippen LogP contribution in [-0.4, -0.2) is 30.8 Å². The fourth-order valence-electron chi connectivity index (χ4n) is 5.12. The van der Waals surface area contributed by atoms with Crippen molar-refractivity contribution in [2.24, 2.45) is 5.92 Å². The summed E-state index contributed by atoms with van der Waals surface area (Å²) in [7, 11) is -1.40. The summed E-state index contributed by atoms with van der Waals surface area (Å²) >= 11 is 0. The van der Waals surface area contributed by atoms with E-state index >= 15 is 0 Å². The van der Waals surface area contributed by atoms with Crippen molar-refractivity contribution in [1.29, 1.82) is 0 Å². The Hall–Kier alpha value is -1.71. The topological polar surface area (TPSA) is 20.3 Å². The second-order valence-electron chi connectivity index (χ2n) is 9.76. The molecule has 3 heteroatoms. The van der Waals surface area contributed by atoms with Gasteiger partial charge in [0.05, 0.1) is 8.07 Å². The predicted molar refractivity (Wildman–Crippen MR) is 120 cm³/mol. The number of fused-ring (bicyclic) bond motifs is 2. The average molecular weight is 392 g/mol. The van der Waals surface area contributed by atoms with Gasteiger partial charge in [-0.1, -0.05) is 85.8 Å². The van der Waals surface area contributed by atoms with E-state index in [1.165, 1.54) is 30.0 Å². The molecular formula is C25H33NOSi. The molecule has 2 fully saturated rings. The number of piperidine rings is 2. The minimum Gasteiger partial charge on any atom is -0.294 e. The van der Waals surface area contributed by atoms with Crippen LogP contribution in [0, 0.1) is 5.92 Å². The minimum atomic E-state index is -1.40. The Bertz CT molecular complexity index is 812. The number of nitrogens with zero attached hydrogens (tertiary/aromatic N) is 1. The summed E-state index contributed by atoms with van der Waals surface area (Å²) in [5.74, 6) is 0.579. The van der Waals surface area contributed by atoms with Gasteiger partial charge in [0.1, 0.15) is 0 Å². The van der Waals surface area contributed by atoms with Gasteiger partial charge in [0.2, 0.25) is 0 Å². The molecule has 0 amide bonds. The van der Waals surface area contributed by atoms with E-state index in [2.05, 4.69) is 73.1 Å². The first-order valence-corrected chi connectivity index (χ1v) is 14.4. The molecule has 2 aliphatic heterocycles. The van der Waals surface area contributed by atoms with E-state index in [9.17, 15) is 4.79 Å². The third-order valence-corrected chi connectivity index (χ3v) is 8.76. The van der Waals surface area contributed by atoms with Crippen LogP contribution < -0.4 is 5.19 Å². The molecule has 0 aromatic heterocycles. The second-order valence-corrected chi connectivity index (χ2v) is 14.8. The SMILES string of the molecule is C[Si](C)(C)c1cccc(C(=O)C2CC3CCCC(C2)N3Cc2ccccc2)c1. The molecule has 2 aliphatic rings. The quantitative estimate of drug-likeness (QED) is 0.513. The molecule has 0 saturated carbocycles. The second kappa shape index (κ2) is 7.96. The predicted octanol–water partition coefficient (Wildman–Crippen LogP) is 5.25. The molecule has 2 nitrogen and oxygen atoms in total. The Morgan fingerprint density at radius 1 is 0.964 bits per heavy atom. The van der Waals surface area contributed by atoms with Crippen molar-refractivity contribution in [1.82, 2.24) is 4.90 Å². The highest BCUT2D eigenvalue weighted by Gasteiger charge is 2.40. The Morgan fingerprint density at radius 3 is 2.29 bits per heavy atom. The molecule has 148 valence electrons. The lowest BCUT2D eigenvalue weighted by atomic mass is 9.75. The Morgan fingerprint density at radius 2 is 1.64 bits per heavy atom. The third kappa shape index (κ3) is 4.16. The van der Waals surface area contributed by atoms with E-state index in [0.29, 0.717) is 17.9 Å². The lowest BCUT2D eigenvalue weighted by Gasteiger charge is -2.48. The fraction of sp³-hybridized carbons (Fsp3) is 0.480. The number of carbonyl (C=O) groups is 1. The van der Waals surface area contributed by atoms with Gasteiger partial charge in [0.15, 0.2) is 5.78 Å². The lowest BCUT2D eigenvalue weighted by Crippen LogP contribution is -2.52. The van der Waals surface area contributed by atoms with E-state index in [1.807, 2.05) is 6.07 Å². The zero-order valence-electron chi connectivity index (χ0n) is 17.5. The molecule has 4 rings (SSSR count). The van der Waals surface area contributed by atoms with Crippen molar-refractivity contribution in [2.75, 3.05) is 0 Å². The highest BCUT2D eigenvalue weighted by Crippen LogP contribution is 2.39. The van der Waals surface area contributed by atoms with Crippen molar-refractivity contribution >= 4 is 19.0 Å². The molecule has 2 bridgehead atoms. The van der Waals surface area contributed by atoms with E-state index in [4.69, 9.17) is 0 Å². The molecule has 2 unspecified atom stereocenters. The zero-order chi connectivity index (χ0) is 19.7. The summed E-state index contributed by atoms with van der Waals surface area (Å²) < 4.78 is 0. The molecule has 0 radical (unpaired) electrons. The molecule has 2 heterocycles. The molecule has 2 saturated heterocycles. The van der Waals surface area contributed by atoms with Crippen LogP contribution in [-0.2, 0) is 6.54 Å². The van der Waals surface area contributed by atoms with Crippen molar-refractivity contribution in [3.05, 3.63) is 65.7 Å². The smallest absolute Gasteiger partial charge is 0.166 e. The largest absolute Gasteiger partial charge is 0.294 e. The van der Waals surface area contributed by atoms with Gasteiger partial charge in [0.25, 0.3) is 0 Å². The van der Waals surface area contributed by atoms with Crippen LogP contribution in [0.25, 0.3) is 0 Å². The zero-order valence-corrected chi connectivity index (χ0v) is 18.5. The van der Waals surface area contributed by atoms with E-state index in [1.54, 1.807) is 0 Å². The van der Waals surface area contributed by atoms with Crippen molar-refractivity contribution in [3.8, 4) is 0 Å². The maximum absolute atomic E-state index is 13.4. The molecule has 2 atom stereocenters. The van der Waals surface area contributed by atoms with Gasteiger partial charge in [-0.3, -0.25) is 9.69 Å². The van der Waals surface area contributed by atoms with Crippen molar-refractivity contribution in [3.63, 3.8) is 0 Å². The molecule has 0 spiro atoms. The van der Waals surface area contributed by atoms with Gasteiger partial charge < -0.3 is 0 Å². The van der Waals surface area contributed by atoms with Crippen LogP contribution in [0.5, 0.6) is 0 Å². The summed E-state index contributed by atoms with van der Waals surface area (Å²) in [4.78, 5) is 16.1. The van der Waals surface area contributed by atoms with Crippen LogP contribution in [0.2, 0.25) is 19.6 Å². The van der Waals surface area contributed by atoms with Gasteiger partial charge in [-0.2, -0.15) is 0 Å². The Balaban J connectivity index is 1.50. The summed E-state index contributed by atoms with van der Waals surface area (Å²) in [6, 6.07) is 20.5. The summed E-state index contributed by atoms with van der Waals surface area (Å²) in [6.45, 7) is 8.08. The molecule has 0 N–H and O–H groups in total. The standard InChI is InChI=1S/C25H33NOSi/c1-28(2,3)24-14-7-11-20(17-24)25(27)21-15-22-12-8-13-23(16-21)26(22)18-19-9-5-4-6-10-19/h4-7,9-11,14,17,21-23H,8,12-13,15-16,18H2,1-3H3. The van der Waals surface area contributed by atoms with Crippen molar-refractivity contribution in [2.45, 2.75) is 70.4 Å². The average Bonchev–Trinajstić information content (AvgIpc) is 2.67. The number of ketones is 1. The first kappa shape index (κ1) is 19.6. The van der Waals surface area contributed by atoms with Crippen LogP contribution in [0.15, 0.2) is 54.6 Å². The normalized spacial score (nSPS) is 25.5. The maximum Gasteiger partial charge on any atom is 0.166 e.